The van der Waals surface area contributed by atoms with Gasteiger partial charge in [0.05, 0.1) is 6.04 Å². The zero-order chi connectivity index (χ0) is 23.3. The van der Waals surface area contributed by atoms with Crippen LogP contribution < -0.4 is 10.1 Å². The number of urea groups is 1. The van der Waals surface area contributed by atoms with Crippen molar-refractivity contribution in [2.45, 2.75) is 45.7 Å². The molecule has 3 rings (SSSR count). The maximum absolute atomic E-state index is 13.4. The van der Waals surface area contributed by atoms with Gasteiger partial charge in [-0.2, -0.15) is 0 Å². The van der Waals surface area contributed by atoms with Gasteiger partial charge in [0.15, 0.2) is 0 Å². The Bertz CT molecular complexity index is 963. The van der Waals surface area contributed by atoms with E-state index in [9.17, 15) is 9.59 Å². The van der Waals surface area contributed by atoms with E-state index in [1.165, 1.54) is 9.78 Å². The van der Waals surface area contributed by atoms with Crippen molar-refractivity contribution >= 4 is 23.3 Å². The van der Waals surface area contributed by atoms with Gasteiger partial charge in [0, 0.05) is 23.5 Å². The normalized spacial score (nSPS) is 15.6. The standard InChI is InChI=1S/C25H33N3O3S/c1-6-13-27(24(30)26-25(3,4)5)16-23(29)28-14-11-22-19(12-15-32-22)20(28)17-31-21-10-8-7-9-18(21)2/h6-10,12,15,20H,1,11,13-14,16-17H2,2-5H3,(H,26,30). The SMILES string of the molecule is C=CCN(CC(=O)N1CCc2sccc2C1COc1ccccc1C)C(=O)NC(C)(C)C. The number of nitrogens with one attached hydrogen (secondary N) is 1. The summed E-state index contributed by atoms with van der Waals surface area (Å²) in [4.78, 5) is 30.8. The van der Waals surface area contributed by atoms with Gasteiger partial charge in [0.25, 0.3) is 0 Å². The highest BCUT2D eigenvalue weighted by atomic mass is 32.1. The fourth-order valence-corrected chi connectivity index (χ4v) is 4.72. The van der Waals surface area contributed by atoms with Gasteiger partial charge in [0.1, 0.15) is 18.9 Å². The van der Waals surface area contributed by atoms with E-state index in [1.54, 1.807) is 17.4 Å². The lowest BCUT2D eigenvalue weighted by molar-refractivity contribution is -0.135. The van der Waals surface area contributed by atoms with E-state index < -0.39 is 0 Å². The molecule has 1 aliphatic rings. The van der Waals surface area contributed by atoms with E-state index in [4.69, 9.17) is 4.74 Å². The summed E-state index contributed by atoms with van der Waals surface area (Å²) in [5, 5.41) is 5.00. The lowest BCUT2D eigenvalue weighted by Crippen LogP contribution is -2.53. The molecule has 2 aromatic rings. The highest BCUT2D eigenvalue weighted by Crippen LogP contribution is 2.34. The van der Waals surface area contributed by atoms with Gasteiger partial charge in [-0.1, -0.05) is 24.3 Å². The fraction of sp³-hybridized carbons (Fsp3) is 0.440. The van der Waals surface area contributed by atoms with Crippen LogP contribution in [0, 0.1) is 6.92 Å². The summed E-state index contributed by atoms with van der Waals surface area (Å²) in [6, 6.07) is 9.51. The summed E-state index contributed by atoms with van der Waals surface area (Å²) < 4.78 is 6.15. The Morgan fingerprint density at radius 1 is 1.31 bits per heavy atom. The minimum absolute atomic E-state index is 0.00569. The van der Waals surface area contributed by atoms with Crippen LogP contribution in [0.4, 0.5) is 4.79 Å². The number of amides is 3. The molecule has 0 radical (unpaired) electrons. The predicted molar refractivity (Wildman–Crippen MR) is 129 cm³/mol. The molecule has 1 N–H and O–H groups in total. The third-order valence-electron chi connectivity index (χ3n) is 5.35. The highest BCUT2D eigenvalue weighted by Gasteiger charge is 2.33. The largest absolute Gasteiger partial charge is 0.491 e. The number of para-hydroxylation sites is 1. The topological polar surface area (TPSA) is 61.9 Å². The van der Waals surface area contributed by atoms with Gasteiger partial charge >= 0.3 is 6.03 Å². The van der Waals surface area contributed by atoms with Gasteiger partial charge < -0.3 is 19.9 Å². The highest BCUT2D eigenvalue weighted by molar-refractivity contribution is 7.10. The van der Waals surface area contributed by atoms with Crippen LogP contribution in [0.5, 0.6) is 5.75 Å². The van der Waals surface area contributed by atoms with Crippen molar-refractivity contribution in [2.75, 3.05) is 26.2 Å². The number of hydrogen-bond acceptors (Lipinski definition) is 4. The number of aryl methyl sites for hydroxylation is 1. The molecule has 0 spiro atoms. The monoisotopic (exact) mass is 455 g/mol. The number of carbonyl (C=O) groups excluding carboxylic acids is 2. The van der Waals surface area contributed by atoms with Gasteiger partial charge in [-0.05, 0) is 62.8 Å². The van der Waals surface area contributed by atoms with Crippen molar-refractivity contribution in [1.29, 1.82) is 0 Å². The molecular weight excluding hydrogens is 422 g/mol. The maximum Gasteiger partial charge on any atom is 0.318 e. The Labute approximate surface area is 194 Å². The molecule has 2 heterocycles. The molecule has 0 fully saturated rings. The fourth-order valence-electron chi connectivity index (χ4n) is 3.79. The summed E-state index contributed by atoms with van der Waals surface area (Å²) in [7, 11) is 0. The molecule has 1 aliphatic heterocycles. The molecule has 6 nitrogen and oxygen atoms in total. The van der Waals surface area contributed by atoms with Crippen molar-refractivity contribution in [2.24, 2.45) is 0 Å². The van der Waals surface area contributed by atoms with Crippen LogP contribution in [0.2, 0.25) is 0 Å². The van der Waals surface area contributed by atoms with Crippen molar-refractivity contribution in [3.8, 4) is 5.75 Å². The van der Waals surface area contributed by atoms with E-state index >= 15 is 0 Å². The zero-order valence-electron chi connectivity index (χ0n) is 19.4. The van der Waals surface area contributed by atoms with Gasteiger partial charge in [-0.25, -0.2) is 4.79 Å². The minimum atomic E-state index is -0.389. The van der Waals surface area contributed by atoms with Gasteiger partial charge in [-0.15, -0.1) is 17.9 Å². The zero-order valence-corrected chi connectivity index (χ0v) is 20.2. The number of thiophene rings is 1. The van der Waals surface area contributed by atoms with Crippen LogP contribution in [-0.2, 0) is 11.2 Å². The molecule has 32 heavy (non-hydrogen) atoms. The summed E-state index contributed by atoms with van der Waals surface area (Å²) in [6.07, 6.45) is 2.46. The first kappa shape index (κ1) is 23.9. The quantitative estimate of drug-likeness (QED) is 0.623. The smallest absolute Gasteiger partial charge is 0.318 e. The first-order valence-electron chi connectivity index (χ1n) is 10.9. The molecule has 1 atom stereocenters. The molecule has 7 heteroatoms. The molecule has 3 amide bonds. The third kappa shape index (κ3) is 5.91. The van der Waals surface area contributed by atoms with E-state index in [2.05, 4.69) is 23.3 Å². The summed E-state index contributed by atoms with van der Waals surface area (Å²) in [6.45, 7) is 12.8. The lowest BCUT2D eigenvalue weighted by atomic mass is 10.0. The first-order chi connectivity index (χ1) is 15.2. The molecule has 1 aromatic heterocycles. The summed E-state index contributed by atoms with van der Waals surface area (Å²) in [5.74, 6) is 0.728. The molecule has 1 unspecified atom stereocenters. The predicted octanol–water partition coefficient (Wildman–Crippen LogP) is 4.56. The number of rotatable bonds is 7. The second-order valence-electron chi connectivity index (χ2n) is 9.08. The van der Waals surface area contributed by atoms with Gasteiger partial charge in [0.2, 0.25) is 5.91 Å². The molecule has 0 bridgehead atoms. The molecule has 0 saturated carbocycles. The summed E-state index contributed by atoms with van der Waals surface area (Å²) >= 11 is 1.72. The lowest BCUT2D eigenvalue weighted by Gasteiger charge is -2.37. The number of fused-ring (bicyclic) bond motifs is 1. The Morgan fingerprint density at radius 3 is 2.75 bits per heavy atom. The third-order valence-corrected chi connectivity index (χ3v) is 6.35. The van der Waals surface area contributed by atoms with E-state index in [1.807, 2.05) is 56.9 Å². The second-order valence-corrected chi connectivity index (χ2v) is 10.1. The molecule has 172 valence electrons. The molecule has 0 saturated heterocycles. The van der Waals surface area contributed by atoms with E-state index in [0.717, 1.165) is 23.3 Å². The van der Waals surface area contributed by atoms with Gasteiger partial charge in [-0.3, -0.25) is 4.79 Å². The summed E-state index contributed by atoms with van der Waals surface area (Å²) in [5.41, 5.74) is 1.81. The minimum Gasteiger partial charge on any atom is -0.491 e. The second kappa shape index (κ2) is 10.2. The van der Waals surface area contributed by atoms with Crippen molar-refractivity contribution < 1.29 is 14.3 Å². The maximum atomic E-state index is 13.4. The van der Waals surface area contributed by atoms with Crippen molar-refractivity contribution in [3.05, 3.63) is 64.4 Å². The Hall–Kier alpha value is -2.80. The Kier molecular flexibility index (Phi) is 7.61. The van der Waals surface area contributed by atoms with Crippen LogP contribution >= 0.6 is 11.3 Å². The number of benzene rings is 1. The number of carbonyl (C=O) groups is 2. The van der Waals surface area contributed by atoms with Crippen LogP contribution in [0.3, 0.4) is 0 Å². The molecular formula is C25H33N3O3S. The number of hydrogen-bond donors (Lipinski definition) is 1. The van der Waals surface area contributed by atoms with Crippen LogP contribution in [0.25, 0.3) is 0 Å². The van der Waals surface area contributed by atoms with E-state index in [0.29, 0.717) is 19.7 Å². The van der Waals surface area contributed by atoms with Crippen LogP contribution in [-0.4, -0.2) is 53.5 Å². The molecule has 1 aromatic carbocycles. The first-order valence-corrected chi connectivity index (χ1v) is 11.8. The molecule has 0 aliphatic carbocycles. The Morgan fingerprint density at radius 2 is 2.06 bits per heavy atom. The van der Waals surface area contributed by atoms with Crippen molar-refractivity contribution in [1.82, 2.24) is 15.1 Å². The number of ether oxygens (including phenoxy) is 1. The number of nitrogens with zero attached hydrogens (tertiary/aromatic N) is 2. The average molecular weight is 456 g/mol. The van der Waals surface area contributed by atoms with E-state index in [-0.39, 0.29) is 30.1 Å². The van der Waals surface area contributed by atoms with Crippen LogP contribution in [0.15, 0.2) is 48.4 Å². The average Bonchev–Trinajstić information content (AvgIpc) is 3.20. The van der Waals surface area contributed by atoms with Crippen LogP contribution in [0.1, 0.15) is 42.8 Å². The van der Waals surface area contributed by atoms with Crippen molar-refractivity contribution in [3.63, 3.8) is 0 Å². The Balaban J connectivity index is 1.77.